The molecule has 0 fully saturated rings. The first-order valence-corrected chi connectivity index (χ1v) is 6.45. The zero-order valence-corrected chi connectivity index (χ0v) is 11.6. The second-order valence-electron chi connectivity index (χ2n) is 4.64. The number of anilines is 2. The Balaban J connectivity index is 2.02. The van der Waals surface area contributed by atoms with Crippen molar-refractivity contribution in [3.63, 3.8) is 0 Å². The van der Waals surface area contributed by atoms with Crippen LogP contribution in [0.3, 0.4) is 0 Å². The predicted octanol–water partition coefficient (Wildman–Crippen LogP) is 2.98. The Morgan fingerprint density at radius 1 is 1.20 bits per heavy atom. The van der Waals surface area contributed by atoms with Gasteiger partial charge < -0.3 is 15.8 Å². The predicted molar refractivity (Wildman–Crippen MR) is 80.8 cm³/mol. The normalized spacial score (nSPS) is 11.7. The van der Waals surface area contributed by atoms with Crippen LogP contribution in [0.2, 0.25) is 0 Å². The quantitative estimate of drug-likeness (QED) is 0.839. The van der Waals surface area contributed by atoms with Crippen LogP contribution in [-0.4, -0.2) is 12.0 Å². The molecule has 4 nitrogen and oxygen atoms in total. The van der Waals surface area contributed by atoms with Gasteiger partial charge in [-0.2, -0.15) is 0 Å². The van der Waals surface area contributed by atoms with Crippen LogP contribution in [0.4, 0.5) is 11.4 Å². The van der Waals surface area contributed by atoms with Gasteiger partial charge in [0.15, 0.2) is 6.10 Å². The summed E-state index contributed by atoms with van der Waals surface area (Å²) < 4.78 is 5.58. The van der Waals surface area contributed by atoms with E-state index in [2.05, 4.69) is 5.32 Å². The maximum absolute atomic E-state index is 12.1. The largest absolute Gasteiger partial charge is 0.481 e. The highest BCUT2D eigenvalue weighted by Crippen LogP contribution is 2.19. The summed E-state index contributed by atoms with van der Waals surface area (Å²) in [6.07, 6.45) is -0.585. The molecular formula is C16H18N2O2. The van der Waals surface area contributed by atoms with Gasteiger partial charge in [-0.3, -0.25) is 4.79 Å². The summed E-state index contributed by atoms with van der Waals surface area (Å²) in [5.41, 5.74) is 8.00. The SMILES string of the molecule is Cc1ccc(N)cc1NC(=O)C(C)Oc1ccccc1. The number of carbonyl (C=O) groups excluding carboxylic acids is 1. The zero-order valence-electron chi connectivity index (χ0n) is 11.6. The number of nitrogen functional groups attached to an aromatic ring is 1. The zero-order chi connectivity index (χ0) is 14.5. The molecule has 1 atom stereocenters. The van der Waals surface area contributed by atoms with Gasteiger partial charge in [-0.05, 0) is 43.7 Å². The third-order valence-corrected chi connectivity index (χ3v) is 2.94. The molecule has 0 aliphatic rings. The highest BCUT2D eigenvalue weighted by molar-refractivity contribution is 5.95. The molecule has 4 heteroatoms. The van der Waals surface area contributed by atoms with Gasteiger partial charge in [0.05, 0.1) is 0 Å². The Morgan fingerprint density at radius 3 is 2.60 bits per heavy atom. The number of rotatable bonds is 4. The van der Waals surface area contributed by atoms with E-state index in [0.717, 1.165) is 5.56 Å². The smallest absolute Gasteiger partial charge is 0.265 e. The molecule has 0 saturated heterocycles. The van der Waals surface area contributed by atoms with Crippen molar-refractivity contribution in [1.29, 1.82) is 0 Å². The molecule has 0 radical (unpaired) electrons. The van der Waals surface area contributed by atoms with Gasteiger partial charge in [0.25, 0.3) is 5.91 Å². The molecule has 2 aromatic rings. The lowest BCUT2D eigenvalue weighted by Gasteiger charge is -2.16. The van der Waals surface area contributed by atoms with Gasteiger partial charge in [0.2, 0.25) is 0 Å². The van der Waals surface area contributed by atoms with Crippen LogP contribution in [0.1, 0.15) is 12.5 Å². The average molecular weight is 270 g/mol. The first-order chi connectivity index (χ1) is 9.56. The molecule has 3 N–H and O–H groups in total. The molecule has 0 aliphatic heterocycles. The fourth-order valence-electron chi connectivity index (χ4n) is 1.77. The van der Waals surface area contributed by atoms with E-state index in [1.54, 1.807) is 19.1 Å². The maximum Gasteiger partial charge on any atom is 0.265 e. The molecule has 0 aromatic heterocycles. The minimum atomic E-state index is -0.585. The van der Waals surface area contributed by atoms with Crippen molar-refractivity contribution in [3.05, 3.63) is 54.1 Å². The Bertz CT molecular complexity index is 597. The van der Waals surface area contributed by atoms with E-state index in [4.69, 9.17) is 10.5 Å². The molecule has 0 heterocycles. The third kappa shape index (κ3) is 3.51. The lowest BCUT2D eigenvalue weighted by molar-refractivity contribution is -0.122. The molecule has 2 rings (SSSR count). The van der Waals surface area contributed by atoms with Crippen molar-refractivity contribution in [2.75, 3.05) is 11.1 Å². The summed E-state index contributed by atoms with van der Waals surface area (Å²) in [5, 5.41) is 2.83. The molecule has 0 spiro atoms. The lowest BCUT2D eigenvalue weighted by atomic mass is 10.1. The van der Waals surface area contributed by atoms with E-state index in [0.29, 0.717) is 17.1 Å². The number of nitrogens with one attached hydrogen (secondary N) is 1. The van der Waals surface area contributed by atoms with Crippen molar-refractivity contribution < 1.29 is 9.53 Å². The molecule has 0 saturated carbocycles. The fourth-order valence-corrected chi connectivity index (χ4v) is 1.77. The number of ether oxygens (including phenoxy) is 1. The maximum atomic E-state index is 12.1. The van der Waals surface area contributed by atoms with Gasteiger partial charge in [-0.1, -0.05) is 24.3 Å². The highest BCUT2D eigenvalue weighted by Gasteiger charge is 2.15. The van der Waals surface area contributed by atoms with Gasteiger partial charge in [-0.15, -0.1) is 0 Å². The van der Waals surface area contributed by atoms with E-state index >= 15 is 0 Å². The number of nitrogens with two attached hydrogens (primary N) is 1. The summed E-state index contributed by atoms with van der Waals surface area (Å²) >= 11 is 0. The monoisotopic (exact) mass is 270 g/mol. The van der Waals surface area contributed by atoms with Crippen molar-refractivity contribution in [2.24, 2.45) is 0 Å². The number of carbonyl (C=O) groups is 1. The van der Waals surface area contributed by atoms with Crippen LogP contribution in [0.25, 0.3) is 0 Å². The van der Waals surface area contributed by atoms with Crippen molar-refractivity contribution in [1.82, 2.24) is 0 Å². The molecule has 104 valence electrons. The minimum absolute atomic E-state index is 0.206. The summed E-state index contributed by atoms with van der Waals surface area (Å²) in [4.78, 5) is 12.1. The number of aryl methyl sites for hydroxylation is 1. The van der Waals surface area contributed by atoms with Crippen molar-refractivity contribution in [2.45, 2.75) is 20.0 Å². The summed E-state index contributed by atoms with van der Waals surface area (Å²) in [6.45, 7) is 3.63. The number of benzene rings is 2. The van der Waals surface area contributed by atoms with Crippen LogP contribution < -0.4 is 15.8 Å². The van der Waals surface area contributed by atoms with E-state index in [1.807, 2.05) is 43.3 Å². The number of amides is 1. The number of hydrogen-bond donors (Lipinski definition) is 2. The highest BCUT2D eigenvalue weighted by atomic mass is 16.5. The number of para-hydroxylation sites is 1. The van der Waals surface area contributed by atoms with Crippen LogP contribution in [0.5, 0.6) is 5.75 Å². The van der Waals surface area contributed by atoms with E-state index in [-0.39, 0.29) is 5.91 Å². The van der Waals surface area contributed by atoms with E-state index in [9.17, 15) is 4.79 Å². The first kappa shape index (κ1) is 13.9. The van der Waals surface area contributed by atoms with Gasteiger partial charge in [0.1, 0.15) is 5.75 Å². The van der Waals surface area contributed by atoms with E-state index in [1.165, 1.54) is 0 Å². The summed E-state index contributed by atoms with van der Waals surface area (Å²) in [7, 11) is 0. The molecule has 20 heavy (non-hydrogen) atoms. The third-order valence-electron chi connectivity index (χ3n) is 2.94. The fraction of sp³-hybridized carbons (Fsp3) is 0.188. The first-order valence-electron chi connectivity index (χ1n) is 6.45. The topological polar surface area (TPSA) is 64.3 Å². The van der Waals surface area contributed by atoms with Gasteiger partial charge >= 0.3 is 0 Å². The average Bonchev–Trinajstić information content (AvgIpc) is 2.44. The standard InChI is InChI=1S/C16H18N2O2/c1-11-8-9-13(17)10-15(11)18-16(19)12(2)20-14-6-4-3-5-7-14/h3-10,12H,17H2,1-2H3,(H,18,19). The molecular weight excluding hydrogens is 252 g/mol. The Labute approximate surface area is 118 Å². The van der Waals surface area contributed by atoms with Gasteiger partial charge in [0, 0.05) is 11.4 Å². The van der Waals surface area contributed by atoms with Crippen LogP contribution in [-0.2, 0) is 4.79 Å². The molecule has 1 amide bonds. The Hall–Kier alpha value is -2.49. The summed E-state index contributed by atoms with van der Waals surface area (Å²) in [5.74, 6) is 0.460. The molecule has 0 bridgehead atoms. The molecule has 0 aliphatic carbocycles. The second kappa shape index (κ2) is 6.10. The molecule has 2 aromatic carbocycles. The number of hydrogen-bond acceptors (Lipinski definition) is 3. The Kier molecular flexibility index (Phi) is 4.25. The van der Waals surface area contributed by atoms with Crippen LogP contribution >= 0.6 is 0 Å². The second-order valence-corrected chi connectivity index (χ2v) is 4.64. The molecule has 1 unspecified atom stereocenters. The van der Waals surface area contributed by atoms with Crippen molar-refractivity contribution >= 4 is 17.3 Å². The van der Waals surface area contributed by atoms with E-state index < -0.39 is 6.10 Å². The summed E-state index contributed by atoms with van der Waals surface area (Å²) in [6, 6.07) is 14.7. The van der Waals surface area contributed by atoms with Gasteiger partial charge in [-0.25, -0.2) is 0 Å². The van der Waals surface area contributed by atoms with Crippen LogP contribution in [0.15, 0.2) is 48.5 Å². The Morgan fingerprint density at radius 2 is 1.90 bits per heavy atom. The van der Waals surface area contributed by atoms with Crippen molar-refractivity contribution in [3.8, 4) is 5.75 Å². The minimum Gasteiger partial charge on any atom is -0.481 e. The lowest BCUT2D eigenvalue weighted by Crippen LogP contribution is -2.30. The van der Waals surface area contributed by atoms with Crippen LogP contribution in [0, 0.1) is 6.92 Å².